The van der Waals surface area contributed by atoms with Gasteiger partial charge in [-0.05, 0) is 11.6 Å². The summed E-state index contributed by atoms with van der Waals surface area (Å²) in [7, 11) is 3.60. The molecular weight excluding hydrogens is 188 g/mol. The summed E-state index contributed by atoms with van der Waals surface area (Å²) >= 11 is 0. The van der Waals surface area contributed by atoms with Crippen molar-refractivity contribution in [2.75, 3.05) is 26.0 Å². The van der Waals surface area contributed by atoms with E-state index >= 15 is 0 Å². The van der Waals surface area contributed by atoms with E-state index in [1.54, 1.807) is 19.0 Å². The van der Waals surface area contributed by atoms with Crippen molar-refractivity contribution in [3.63, 3.8) is 0 Å². The Bertz CT molecular complexity index is 374. The van der Waals surface area contributed by atoms with Crippen molar-refractivity contribution in [1.82, 2.24) is 4.90 Å². The molecule has 80 valence electrons. The molecule has 0 fully saturated rings. The number of hydrogen-bond donors (Lipinski definition) is 1. The highest BCUT2D eigenvalue weighted by Gasteiger charge is 2.24. The molecule has 1 aromatic rings. The molecule has 1 aromatic carbocycles. The number of fused-ring (bicyclic) bond motifs is 1. The highest BCUT2D eigenvalue weighted by Crippen LogP contribution is 2.33. The normalized spacial score (nSPS) is 18.1. The number of rotatable bonds is 2. The van der Waals surface area contributed by atoms with Crippen LogP contribution < -0.4 is 5.32 Å². The van der Waals surface area contributed by atoms with Crippen LogP contribution in [0.15, 0.2) is 24.3 Å². The molecule has 0 radical (unpaired) electrons. The van der Waals surface area contributed by atoms with Crippen molar-refractivity contribution in [2.24, 2.45) is 0 Å². The number of hydrogen-bond acceptors (Lipinski definition) is 2. The third-order valence-corrected chi connectivity index (χ3v) is 2.86. The largest absolute Gasteiger partial charge is 0.384 e. The second kappa shape index (κ2) is 3.93. The van der Waals surface area contributed by atoms with E-state index in [9.17, 15) is 4.79 Å². The lowest BCUT2D eigenvalue weighted by molar-refractivity contribution is -0.129. The first-order valence-electron chi connectivity index (χ1n) is 5.21. The average molecular weight is 204 g/mol. The van der Waals surface area contributed by atoms with Crippen molar-refractivity contribution >= 4 is 11.6 Å². The van der Waals surface area contributed by atoms with Gasteiger partial charge in [-0.1, -0.05) is 18.2 Å². The number of carbonyl (C=O) groups is 1. The number of carbonyl (C=O) groups excluding carboxylic acids is 1. The van der Waals surface area contributed by atoms with Gasteiger partial charge < -0.3 is 10.2 Å². The molecule has 0 aromatic heterocycles. The van der Waals surface area contributed by atoms with Crippen molar-refractivity contribution in [1.29, 1.82) is 0 Å². The Morgan fingerprint density at radius 2 is 2.20 bits per heavy atom. The molecule has 0 spiro atoms. The summed E-state index contributed by atoms with van der Waals surface area (Å²) in [6.45, 7) is 0.874. The maximum Gasteiger partial charge on any atom is 0.222 e. The summed E-state index contributed by atoms with van der Waals surface area (Å²) in [6, 6.07) is 8.21. The number of nitrogens with zero attached hydrogens (tertiary/aromatic N) is 1. The third kappa shape index (κ3) is 1.96. The molecule has 0 aliphatic carbocycles. The van der Waals surface area contributed by atoms with Gasteiger partial charge in [0.05, 0.1) is 0 Å². The van der Waals surface area contributed by atoms with Crippen LogP contribution in [0.25, 0.3) is 0 Å². The van der Waals surface area contributed by atoms with Crippen LogP contribution in [0.3, 0.4) is 0 Å². The molecule has 3 heteroatoms. The zero-order valence-electron chi connectivity index (χ0n) is 9.16. The lowest BCUT2D eigenvalue weighted by Crippen LogP contribution is -2.24. The van der Waals surface area contributed by atoms with Gasteiger partial charge in [0, 0.05) is 38.7 Å². The van der Waals surface area contributed by atoms with Gasteiger partial charge >= 0.3 is 0 Å². The van der Waals surface area contributed by atoms with Gasteiger partial charge in [-0.25, -0.2) is 0 Å². The predicted octanol–water partition coefficient (Wildman–Crippen LogP) is 1.67. The highest BCUT2D eigenvalue weighted by atomic mass is 16.2. The van der Waals surface area contributed by atoms with E-state index < -0.39 is 0 Å². The lowest BCUT2D eigenvalue weighted by atomic mass is 9.97. The second-order valence-electron chi connectivity index (χ2n) is 4.16. The minimum absolute atomic E-state index is 0.193. The number of anilines is 1. The van der Waals surface area contributed by atoms with Crippen LogP contribution in [0.2, 0.25) is 0 Å². The average Bonchev–Trinajstić information content (AvgIpc) is 2.62. The third-order valence-electron chi connectivity index (χ3n) is 2.86. The topological polar surface area (TPSA) is 32.3 Å². The van der Waals surface area contributed by atoms with Crippen molar-refractivity contribution in [3.8, 4) is 0 Å². The molecule has 3 nitrogen and oxygen atoms in total. The van der Waals surface area contributed by atoms with Crippen LogP contribution in [0, 0.1) is 0 Å². The fraction of sp³-hybridized carbons (Fsp3) is 0.417. The Balaban J connectivity index is 2.11. The Morgan fingerprint density at radius 3 is 2.93 bits per heavy atom. The zero-order chi connectivity index (χ0) is 10.8. The Kier molecular flexibility index (Phi) is 2.62. The van der Waals surface area contributed by atoms with Gasteiger partial charge in [0.15, 0.2) is 0 Å². The summed E-state index contributed by atoms with van der Waals surface area (Å²) in [5.41, 5.74) is 2.45. The van der Waals surface area contributed by atoms with Crippen LogP contribution in [-0.2, 0) is 4.79 Å². The minimum Gasteiger partial charge on any atom is -0.384 e. The lowest BCUT2D eigenvalue weighted by Gasteiger charge is -2.14. The molecule has 1 atom stereocenters. The fourth-order valence-corrected chi connectivity index (χ4v) is 1.93. The first-order valence-corrected chi connectivity index (χ1v) is 5.21. The maximum atomic E-state index is 11.6. The molecule has 1 amide bonds. The van der Waals surface area contributed by atoms with Gasteiger partial charge in [0.1, 0.15) is 0 Å². The summed E-state index contributed by atoms with van der Waals surface area (Å²) in [5, 5.41) is 3.32. The first-order chi connectivity index (χ1) is 7.18. The van der Waals surface area contributed by atoms with E-state index in [-0.39, 0.29) is 5.91 Å². The van der Waals surface area contributed by atoms with Gasteiger partial charge in [0.2, 0.25) is 5.91 Å². The summed E-state index contributed by atoms with van der Waals surface area (Å²) < 4.78 is 0. The molecule has 0 saturated heterocycles. The molecule has 1 N–H and O–H groups in total. The summed E-state index contributed by atoms with van der Waals surface area (Å²) in [5.74, 6) is 0.523. The van der Waals surface area contributed by atoms with Crippen LogP contribution >= 0.6 is 0 Å². The summed E-state index contributed by atoms with van der Waals surface area (Å²) in [4.78, 5) is 13.3. The highest BCUT2D eigenvalue weighted by molar-refractivity contribution is 5.77. The number of benzene rings is 1. The number of nitrogens with one attached hydrogen (secondary N) is 1. The quantitative estimate of drug-likeness (QED) is 0.794. The Morgan fingerprint density at radius 1 is 1.47 bits per heavy atom. The van der Waals surface area contributed by atoms with Crippen LogP contribution in [0.1, 0.15) is 17.9 Å². The van der Waals surface area contributed by atoms with E-state index in [0.717, 1.165) is 6.54 Å². The van der Waals surface area contributed by atoms with E-state index in [4.69, 9.17) is 0 Å². The van der Waals surface area contributed by atoms with Gasteiger partial charge in [0.25, 0.3) is 0 Å². The van der Waals surface area contributed by atoms with E-state index in [2.05, 4.69) is 17.4 Å². The molecule has 1 aliphatic heterocycles. The molecule has 1 aliphatic rings. The Hall–Kier alpha value is -1.51. The minimum atomic E-state index is 0.193. The van der Waals surface area contributed by atoms with Crippen molar-refractivity contribution in [3.05, 3.63) is 29.8 Å². The van der Waals surface area contributed by atoms with Gasteiger partial charge in [-0.2, -0.15) is 0 Å². The van der Waals surface area contributed by atoms with Crippen LogP contribution in [-0.4, -0.2) is 31.4 Å². The maximum absolute atomic E-state index is 11.6. The van der Waals surface area contributed by atoms with Gasteiger partial charge in [-0.15, -0.1) is 0 Å². The molecule has 1 heterocycles. The van der Waals surface area contributed by atoms with Crippen molar-refractivity contribution in [2.45, 2.75) is 12.3 Å². The number of amides is 1. The Labute approximate surface area is 90.1 Å². The van der Waals surface area contributed by atoms with Crippen LogP contribution in [0.4, 0.5) is 5.69 Å². The zero-order valence-corrected chi connectivity index (χ0v) is 9.16. The van der Waals surface area contributed by atoms with E-state index in [1.165, 1.54) is 11.3 Å². The molecule has 15 heavy (non-hydrogen) atoms. The standard InChI is InChI=1S/C12H16N2O/c1-14(2)12(15)7-9-8-13-11-6-4-3-5-10(9)11/h3-6,9,13H,7-8H2,1-2H3. The number of para-hydroxylation sites is 1. The fourth-order valence-electron chi connectivity index (χ4n) is 1.93. The van der Waals surface area contributed by atoms with E-state index in [1.807, 2.05) is 12.1 Å². The molecule has 1 unspecified atom stereocenters. The van der Waals surface area contributed by atoms with Gasteiger partial charge in [-0.3, -0.25) is 4.79 Å². The van der Waals surface area contributed by atoms with Crippen LogP contribution in [0.5, 0.6) is 0 Å². The van der Waals surface area contributed by atoms with E-state index in [0.29, 0.717) is 12.3 Å². The molecule has 0 saturated carbocycles. The molecule has 0 bridgehead atoms. The second-order valence-corrected chi connectivity index (χ2v) is 4.16. The molecule has 2 rings (SSSR count). The smallest absolute Gasteiger partial charge is 0.222 e. The summed E-state index contributed by atoms with van der Waals surface area (Å²) in [6.07, 6.45) is 0.594. The predicted molar refractivity (Wildman–Crippen MR) is 61.0 cm³/mol. The monoisotopic (exact) mass is 204 g/mol. The molecular formula is C12H16N2O. The SMILES string of the molecule is CN(C)C(=O)CC1CNc2ccccc21. The first kappa shape index (κ1) is 10.0. The van der Waals surface area contributed by atoms with Crippen molar-refractivity contribution < 1.29 is 4.79 Å².